The monoisotopic (exact) mass is 210 g/mol. The summed E-state index contributed by atoms with van der Waals surface area (Å²) in [5.74, 6) is 1.72. The number of Topliss-reactive ketones (excluding diaryl/α,β-unsaturated/α-hetero) is 1. The van der Waals surface area contributed by atoms with Crippen molar-refractivity contribution in [2.75, 3.05) is 6.54 Å². The van der Waals surface area contributed by atoms with Crippen LogP contribution in [0.2, 0.25) is 0 Å². The first-order chi connectivity index (χ1) is 7.02. The summed E-state index contributed by atoms with van der Waals surface area (Å²) in [6.07, 6.45) is 2.11. The molecule has 0 unspecified atom stereocenters. The van der Waals surface area contributed by atoms with Crippen LogP contribution in [0.4, 0.5) is 0 Å². The summed E-state index contributed by atoms with van der Waals surface area (Å²) in [4.78, 5) is 16.3. The minimum Gasteiger partial charge on any atom is -0.364 e. The molecule has 0 saturated carbocycles. The first kappa shape index (κ1) is 12.2. The normalized spacial score (nSPS) is 18.1. The lowest BCUT2D eigenvalue weighted by Gasteiger charge is -2.23. The van der Waals surface area contributed by atoms with E-state index in [9.17, 15) is 4.79 Å². The fourth-order valence-electron chi connectivity index (χ4n) is 1.76. The Morgan fingerprint density at radius 1 is 1.33 bits per heavy atom. The van der Waals surface area contributed by atoms with E-state index in [1.165, 1.54) is 0 Å². The summed E-state index contributed by atoms with van der Waals surface area (Å²) >= 11 is 0. The lowest BCUT2D eigenvalue weighted by Crippen LogP contribution is -2.45. The summed E-state index contributed by atoms with van der Waals surface area (Å²) in [7, 11) is 0. The lowest BCUT2D eigenvalue weighted by atomic mass is 9.93. The van der Waals surface area contributed by atoms with Gasteiger partial charge in [-0.05, 0) is 12.3 Å². The Balaban J connectivity index is 2.61. The third-order valence-electron chi connectivity index (χ3n) is 2.74. The molecule has 1 N–H and O–H groups in total. The molecule has 86 valence electrons. The number of ketones is 1. The Morgan fingerprint density at radius 3 is 2.40 bits per heavy atom. The van der Waals surface area contributed by atoms with Gasteiger partial charge >= 0.3 is 0 Å². The van der Waals surface area contributed by atoms with Crippen LogP contribution in [-0.2, 0) is 4.79 Å². The van der Waals surface area contributed by atoms with E-state index in [0.29, 0.717) is 11.7 Å². The predicted octanol–water partition coefficient (Wildman–Crippen LogP) is 2.02. The Bertz CT molecular complexity index is 256. The molecule has 0 aromatic carbocycles. The highest BCUT2D eigenvalue weighted by Crippen LogP contribution is 2.11. The van der Waals surface area contributed by atoms with Crippen LogP contribution >= 0.6 is 0 Å². The van der Waals surface area contributed by atoms with Crippen molar-refractivity contribution >= 4 is 11.6 Å². The zero-order valence-electron chi connectivity index (χ0n) is 10.2. The van der Waals surface area contributed by atoms with Gasteiger partial charge in [-0.1, -0.05) is 27.7 Å². The van der Waals surface area contributed by atoms with Crippen LogP contribution in [0.1, 0.15) is 40.5 Å². The van der Waals surface area contributed by atoms with Gasteiger partial charge in [0.2, 0.25) is 0 Å². The minimum absolute atomic E-state index is 0.0677. The van der Waals surface area contributed by atoms with Gasteiger partial charge in [0.05, 0.1) is 11.9 Å². The van der Waals surface area contributed by atoms with Crippen molar-refractivity contribution in [2.24, 2.45) is 16.8 Å². The highest BCUT2D eigenvalue weighted by atomic mass is 16.1. The number of hydrogen-bond acceptors (Lipinski definition) is 3. The van der Waals surface area contributed by atoms with E-state index in [-0.39, 0.29) is 12.0 Å². The van der Waals surface area contributed by atoms with E-state index in [0.717, 1.165) is 25.2 Å². The van der Waals surface area contributed by atoms with Gasteiger partial charge in [-0.15, -0.1) is 0 Å². The van der Waals surface area contributed by atoms with Crippen LogP contribution in [-0.4, -0.2) is 24.2 Å². The molecule has 3 heteroatoms. The largest absolute Gasteiger partial charge is 0.364 e. The van der Waals surface area contributed by atoms with E-state index in [4.69, 9.17) is 0 Å². The van der Waals surface area contributed by atoms with Gasteiger partial charge in [-0.25, -0.2) is 0 Å². The highest BCUT2D eigenvalue weighted by Gasteiger charge is 2.25. The maximum absolute atomic E-state index is 12.0. The van der Waals surface area contributed by atoms with E-state index in [1.54, 1.807) is 0 Å². The Kier molecular flexibility index (Phi) is 4.30. The molecule has 0 amide bonds. The molecule has 3 nitrogen and oxygen atoms in total. The number of rotatable bonds is 4. The number of hydrogen-bond donors (Lipinski definition) is 1. The summed E-state index contributed by atoms with van der Waals surface area (Å²) in [5.41, 5.74) is 0. The number of carbonyl (C=O) groups is 1. The topological polar surface area (TPSA) is 41.5 Å². The summed E-state index contributed by atoms with van der Waals surface area (Å²) in [6, 6.07) is -0.0677. The van der Waals surface area contributed by atoms with Crippen LogP contribution in [0.15, 0.2) is 4.99 Å². The minimum atomic E-state index is -0.0677. The van der Waals surface area contributed by atoms with Crippen molar-refractivity contribution in [2.45, 2.75) is 46.6 Å². The zero-order valence-corrected chi connectivity index (χ0v) is 10.2. The van der Waals surface area contributed by atoms with Gasteiger partial charge in [-0.2, -0.15) is 0 Å². The molecule has 0 spiro atoms. The molecule has 0 bridgehead atoms. The molecule has 1 heterocycles. The summed E-state index contributed by atoms with van der Waals surface area (Å²) in [5, 5.41) is 3.30. The molecule has 0 saturated heterocycles. The van der Waals surface area contributed by atoms with Crippen LogP contribution < -0.4 is 5.32 Å². The standard InChI is InChI=1S/C12H22N2O/c1-8(2)11(12(15)9(3)4)14-10-6-5-7-13-10/h8-9,11H,5-7H2,1-4H3,(H,13,14)/t11-/m1/s1. The summed E-state index contributed by atoms with van der Waals surface area (Å²) in [6.45, 7) is 8.97. The first-order valence-electron chi connectivity index (χ1n) is 5.86. The van der Waals surface area contributed by atoms with Gasteiger partial charge in [0.1, 0.15) is 0 Å². The fourth-order valence-corrected chi connectivity index (χ4v) is 1.76. The van der Waals surface area contributed by atoms with Crippen molar-refractivity contribution in [3.8, 4) is 0 Å². The highest BCUT2D eigenvalue weighted by molar-refractivity contribution is 5.92. The van der Waals surface area contributed by atoms with Crippen molar-refractivity contribution in [1.29, 1.82) is 0 Å². The molecule has 0 aromatic heterocycles. The number of aliphatic imine (C=N–C) groups is 1. The van der Waals surface area contributed by atoms with Crippen LogP contribution in [0.3, 0.4) is 0 Å². The molecular weight excluding hydrogens is 188 g/mol. The quantitative estimate of drug-likeness (QED) is 0.771. The third-order valence-corrected chi connectivity index (χ3v) is 2.74. The van der Waals surface area contributed by atoms with E-state index < -0.39 is 0 Å². The molecule has 1 rings (SSSR count). The van der Waals surface area contributed by atoms with Crippen molar-refractivity contribution < 1.29 is 4.79 Å². The zero-order chi connectivity index (χ0) is 11.4. The second-order valence-electron chi connectivity index (χ2n) is 4.86. The second kappa shape index (κ2) is 5.29. The Hall–Kier alpha value is -0.860. The number of carbonyl (C=O) groups excluding carboxylic acids is 1. The van der Waals surface area contributed by atoms with Crippen LogP contribution in [0.5, 0.6) is 0 Å². The molecule has 0 aromatic rings. The van der Waals surface area contributed by atoms with E-state index >= 15 is 0 Å². The molecule has 15 heavy (non-hydrogen) atoms. The SMILES string of the molecule is CC(C)C(=O)[C@H](NC1=NCCC1)C(C)C. The van der Waals surface area contributed by atoms with Crippen molar-refractivity contribution in [3.05, 3.63) is 0 Å². The van der Waals surface area contributed by atoms with Crippen molar-refractivity contribution in [1.82, 2.24) is 5.32 Å². The average Bonchev–Trinajstić information content (AvgIpc) is 2.64. The molecule has 0 fully saturated rings. The molecule has 1 aliphatic heterocycles. The van der Waals surface area contributed by atoms with Gasteiger partial charge in [0.25, 0.3) is 0 Å². The van der Waals surface area contributed by atoms with Crippen LogP contribution in [0.25, 0.3) is 0 Å². The molecule has 0 aliphatic carbocycles. The number of amidine groups is 1. The van der Waals surface area contributed by atoms with Crippen LogP contribution in [0, 0.1) is 11.8 Å². The maximum atomic E-state index is 12.0. The molecular formula is C12H22N2O. The second-order valence-corrected chi connectivity index (χ2v) is 4.86. The summed E-state index contributed by atoms with van der Waals surface area (Å²) < 4.78 is 0. The smallest absolute Gasteiger partial charge is 0.157 e. The Labute approximate surface area is 92.4 Å². The van der Waals surface area contributed by atoms with E-state index in [1.807, 2.05) is 13.8 Å². The predicted molar refractivity (Wildman–Crippen MR) is 63.1 cm³/mol. The third kappa shape index (κ3) is 3.33. The van der Waals surface area contributed by atoms with Gasteiger partial charge in [-0.3, -0.25) is 9.79 Å². The molecule has 1 aliphatic rings. The van der Waals surface area contributed by atoms with Gasteiger partial charge in [0, 0.05) is 18.9 Å². The molecule has 1 atom stereocenters. The number of nitrogens with zero attached hydrogens (tertiary/aromatic N) is 1. The fraction of sp³-hybridized carbons (Fsp3) is 0.833. The van der Waals surface area contributed by atoms with Crippen molar-refractivity contribution in [3.63, 3.8) is 0 Å². The Morgan fingerprint density at radius 2 is 2.00 bits per heavy atom. The molecule has 0 radical (unpaired) electrons. The van der Waals surface area contributed by atoms with Gasteiger partial charge < -0.3 is 5.32 Å². The number of nitrogens with one attached hydrogen (secondary N) is 1. The lowest BCUT2D eigenvalue weighted by molar-refractivity contribution is -0.124. The maximum Gasteiger partial charge on any atom is 0.157 e. The average molecular weight is 210 g/mol. The van der Waals surface area contributed by atoms with E-state index in [2.05, 4.69) is 24.2 Å². The first-order valence-corrected chi connectivity index (χ1v) is 5.86. The van der Waals surface area contributed by atoms with Gasteiger partial charge in [0.15, 0.2) is 5.78 Å².